The molecule has 0 radical (unpaired) electrons. The van der Waals surface area contributed by atoms with Crippen LogP contribution in [0, 0.1) is 5.92 Å². The minimum atomic E-state index is 0.478. The highest BCUT2D eigenvalue weighted by molar-refractivity contribution is 5.28. The van der Waals surface area contributed by atoms with E-state index in [2.05, 4.69) is 52.3 Å². The Hall–Kier alpha value is -2.63. The standard InChI is InChI=1S/C23H28N4O/c1-26-12-11-25-23(26)17-28-21-9-7-18(8-10-21)14-27-15-20(13-24)22(16-27)19-5-3-2-4-6-19/h2-12,20,22H,13-17,24H2,1H3/t20-,22+/m1/s1. The second-order valence-electron chi connectivity index (χ2n) is 7.59. The third-order valence-corrected chi connectivity index (χ3v) is 5.67. The van der Waals surface area contributed by atoms with E-state index in [9.17, 15) is 0 Å². The van der Waals surface area contributed by atoms with Gasteiger partial charge < -0.3 is 15.0 Å². The number of hydrogen-bond acceptors (Lipinski definition) is 4. The molecule has 1 saturated heterocycles. The summed E-state index contributed by atoms with van der Waals surface area (Å²) in [5.41, 5.74) is 8.77. The monoisotopic (exact) mass is 376 g/mol. The van der Waals surface area contributed by atoms with E-state index in [0.29, 0.717) is 18.4 Å². The number of hydrogen-bond donors (Lipinski definition) is 1. The van der Waals surface area contributed by atoms with Gasteiger partial charge in [0.15, 0.2) is 0 Å². The highest BCUT2D eigenvalue weighted by atomic mass is 16.5. The normalized spacial score (nSPS) is 19.8. The Morgan fingerprint density at radius 3 is 2.54 bits per heavy atom. The first-order valence-electron chi connectivity index (χ1n) is 9.88. The molecule has 4 rings (SSSR count). The van der Waals surface area contributed by atoms with Crippen LogP contribution in [0.15, 0.2) is 67.0 Å². The van der Waals surface area contributed by atoms with Gasteiger partial charge in [0, 0.05) is 45.0 Å². The molecule has 0 aliphatic carbocycles. The molecule has 5 nitrogen and oxygen atoms in total. The van der Waals surface area contributed by atoms with Crippen molar-refractivity contribution >= 4 is 0 Å². The predicted molar refractivity (Wildman–Crippen MR) is 111 cm³/mol. The van der Waals surface area contributed by atoms with Crippen molar-refractivity contribution in [2.75, 3.05) is 19.6 Å². The summed E-state index contributed by atoms with van der Waals surface area (Å²) in [7, 11) is 1.97. The SMILES string of the molecule is Cn1ccnc1COc1ccc(CN2C[C@@H](CN)[C@H](c3ccccc3)C2)cc1. The fourth-order valence-corrected chi connectivity index (χ4v) is 4.04. The van der Waals surface area contributed by atoms with Gasteiger partial charge in [0.05, 0.1) is 0 Å². The van der Waals surface area contributed by atoms with Crippen LogP contribution in [-0.2, 0) is 20.2 Å². The van der Waals surface area contributed by atoms with Gasteiger partial charge in [-0.2, -0.15) is 0 Å². The highest BCUT2D eigenvalue weighted by Gasteiger charge is 2.32. The molecule has 3 aromatic rings. The number of likely N-dealkylation sites (tertiary alicyclic amines) is 1. The van der Waals surface area contributed by atoms with E-state index in [4.69, 9.17) is 10.5 Å². The van der Waals surface area contributed by atoms with E-state index in [0.717, 1.165) is 37.8 Å². The number of nitrogens with zero attached hydrogens (tertiary/aromatic N) is 3. The third-order valence-electron chi connectivity index (χ3n) is 5.67. The Morgan fingerprint density at radius 2 is 1.86 bits per heavy atom. The van der Waals surface area contributed by atoms with Crippen LogP contribution < -0.4 is 10.5 Å². The van der Waals surface area contributed by atoms with Crippen LogP contribution in [0.25, 0.3) is 0 Å². The molecular weight excluding hydrogens is 348 g/mol. The first-order chi connectivity index (χ1) is 13.7. The number of nitrogens with two attached hydrogens (primary N) is 1. The van der Waals surface area contributed by atoms with Crippen molar-refractivity contribution in [3.05, 3.63) is 83.9 Å². The number of rotatable bonds is 7. The molecule has 2 N–H and O–H groups in total. The van der Waals surface area contributed by atoms with Gasteiger partial charge in [0.1, 0.15) is 18.2 Å². The average Bonchev–Trinajstić information content (AvgIpc) is 3.34. The van der Waals surface area contributed by atoms with Crippen molar-refractivity contribution in [1.82, 2.24) is 14.5 Å². The molecule has 1 aliphatic heterocycles. The van der Waals surface area contributed by atoms with Gasteiger partial charge in [0.2, 0.25) is 0 Å². The second-order valence-corrected chi connectivity index (χ2v) is 7.59. The minimum Gasteiger partial charge on any atom is -0.486 e. The first kappa shape index (κ1) is 18.7. The zero-order chi connectivity index (χ0) is 19.3. The largest absolute Gasteiger partial charge is 0.486 e. The number of aryl methyl sites for hydroxylation is 1. The molecule has 146 valence electrons. The minimum absolute atomic E-state index is 0.478. The molecule has 1 aliphatic rings. The predicted octanol–water partition coefficient (Wildman–Crippen LogP) is 3.17. The summed E-state index contributed by atoms with van der Waals surface area (Å²) >= 11 is 0. The summed E-state index contributed by atoms with van der Waals surface area (Å²) in [5.74, 6) is 2.82. The van der Waals surface area contributed by atoms with E-state index in [-0.39, 0.29) is 0 Å². The Labute approximate surface area is 166 Å². The van der Waals surface area contributed by atoms with Gasteiger partial charge in [-0.3, -0.25) is 4.90 Å². The van der Waals surface area contributed by atoms with Crippen LogP contribution >= 0.6 is 0 Å². The van der Waals surface area contributed by atoms with Gasteiger partial charge in [-0.1, -0.05) is 42.5 Å². The number of ether oxygens (including phenoxy) is 1. The maximum atomic E-state index is 6.07. The van der Waals surface area contributed by atoms with Gasteiger partial charge in [0.25, 0.3) is 0 Å². The van der Waals surface area contributed by atoms with Crippen molar-refractivity contribution in [3.8, 4) is 5.75 Å². The number of imidazole rings is 1. The fraction of sp³-hybridized carbons (Fsp3) is 0.348. The molecule has 2 heterocycles. The molecule has 2 atom stereocenters. The lowest BCUT2D eigenvalue weighted by atomic mass is 9.89. The molecule has 5 heteroatoms. The summed E-state index contributed by atoms with van der Waals surface area (Å²) in [5, 5.41) is 0. The summed E-state index contributed by atoms with van der Waals surface area (Å²) < 4.78 is 7.82. The summed E-state index contributed by atoms with van der Waals surface area (Å²) in [4.78, 5) is 6.80. The zero-order valence-corrected chi connectivity index (χ0v) is 16.4. The van der Waals surface area contributed by atoms with E-state index in [1.54, 1.807) is 6.20 Å². The quantitative estimate of drug-likeness (QED) is 0.688. The Kier molecular flexibility index (Phi) is 5.74. The van der Waals surface area contributed by atoms with Crippen molar-refractivity contribution in [1.29, 1.82) is 0 Å². The molecule has 0 amide bonds. The molecule has 1 fully saturated rings. The lowest BCUT2D eigenvalue weighted by molar-refractivity contribution is 0.291. The molecular formula is C23H28N4O. The van der Waals surface area contributed by atoms with Crippen LogP contribution in [0.4, 0.5) is 0 Å². The van der Waals surface area contributed by atoms with Crippen molar-refractivity contribution in [2.24, 2.45) is 18.7 Å². The lowest BCUT2D eigenvalue weighted by Gasteiger charge is -2.17. The molecule has 0 saturated carbocycles. The highest BCUT2D eigenvalue weighted by Crippen LogP contribution is 2.32. The van der Waals surface area contributed by atoms with Crippen molar-refractivity contribution in [2.45, 2.75) is 19.1 Å². The Bertz CT molecular complexity index is 875. The summed E-state index contributed by atoms with van der Waals surface area (Å²) in [6.07, 6.45) is 3.71. The maximum Gasteiger partial charge on any atom is 0.146 e. The fourth-order valence-electron chi connectivity index (χ4n) is 4.04. The molecule has 0 bridgehead atoms. The molecule has 1 aromatic heterocycles. The van der Waals surface area contributed by atoms with E-state index < -0.39 is 0 Å². The number of aromatic nitrogens is 2. The van der Waals surface area contributed by atoms with E-state index in [1.165, 1.54) is 11.1 Å². The first-order valence-corrected chi connectivity index (χ1v) is 9.88. The second kappa shape index (κ2) is 8.59. The third kappa shape index (κ3) is 4.26. The van der Waals surface area contributed by atoms with Crippen LogP contribution in [0.3, 0.4) is 0 Å². The molecule has 0 unspecified atom stereocenters. The summed E-state index contributed by atoms with van der Waals surface area (Å²) in [6, 6.07) is 19.2. The molecule has 2 aromatic carbocycles. The van der Waals surface area contributed by atoms with Crippen molar-refractivity contribution < 1.29 is 4.74 Å². The van der Waals surface area contributed by atoms with Crippen molar-refractivity contribution in [3.63, 3.8) is 0 Å². The van der Waals surface area contributed by atoms with Gasteiger partial charge in [-0.25, -0.2) is 4.98 Å². The van der Waals surface area contributed by atoms with Gasteiger partial charge in [-0.15, -0.1) is 0 Å². The van der Waals surface area contributed by atoms with Crippen LogP contribution in [0.2, 0.25) is 0 Å². The Balaban J connectivity index is 1.35. The van der Waals surface area contributed by atoms with E-state index >= 15 is 0 Å². The van der Waals surface area contributed by atoms with Crippen LogP contribution in [0.5, 0.6) is 5.75 Å². The van der Waals surface area contributed by atoms with Crippen LogP contribution in [0.1, 0.15) is 22.9 Å². The smallest absolute Gasteiger partial charge is 0.146 e. The molecule has 28 heavy (non-hydrogen) atoms. The Morgan fingerprint density at radius 1 is 1.07 bits per heavy atom. The summed E-state index contributed by atoms with van der Waals surface area (Å²) in [6.45, 7) is 4.26. The van der Waals surface area contributed by atoms with Crippen LogP contribution in [-0.4, -0.2) is 34.1 Å². The number of benzene rings is 2. The maximum absolute atomic E-state index is 6.07. The lowest BCUT2D eigenvalue weighted by Crippen LogP contribution is -2.23. The molecule has 0 spiro atoms. The van der Waals surface area contributed by atoms with Gasteiger partial charge >= 0.3 is 0 Å². The zero-order valence-electron chi connectivity index (χ0n) is 16.4. The topological polar surface area (TPSA) is 56.3 Å². The van der Waals surface area contributed by atoms with Gasteiger partial charge in [-0.05, 0) is 35.7 Å². The van der Waals surface area contributed by atoms with E-state index in [1.807, 2.05) is 29.9 Å². The average molecular weight is 377 g/mol.